The Kier molecular flexibility index (Phi) is 10.5. The van der Waals surface area contributed by atoms with Crippen LogP contribution in [0.5, 0.6) is 5.75 Å². The highest BCUT2D eigenvalue weighted by Gasteiger charge is 2.36. The van der Waals surface area contributed by atoms with Crippen LogP contribution in [0.15, 0.2) is 119 Å². The molecule has 2 aromatic heterocycles. The van der Waals surface area contributed by atoms with Gasteiger partial charge in [-0.05, 0) is 86.8 Å². The van der Waals surface area contributed by atoms with Crippen molar-refractivity contribution in [1.29, 1.82) is 0 Å². The number of carbonyl (C=O) groups is 2. The fourth-order valence-corrected chi connectivity index (χ4v) is 8.20. The lowest BCUT2D eigenvalue weighted by molar-refractivity contribution is -0.149. The van der Waals surface area contributed by atoms with E-state index in [1.807, 2.05) is 97.1 Å². The van der Waals surface area contributed by atoms with Gasteiger partial charge in [0.15, 0.2) is 0 Å². The molecule has 6 rings (SSSR count). The average Bonchev–Trinajstić information content (AvgIpc) is 3.49. The number of esters is 1. The zero-order valence-corrected chi connectivity index (χ0v) is 29.7. The molecule has 0 bridgehead atoms. The standard InChI is InChI=1S/C38H36N5O5PS/c1-25(2)47-38(45)26(3)42-49(46,48-35-17-11-13-27-12-5-6-15-30(27)35)43-34-24-29(50-36-18-8-7-16-32(36)37(44)39-4)20-21-31(34)33(41-43)22-19-28-14-9-10-23-40-28/h5-26H,1-4H3,(H,39,44)(H,42,46)/b22-19+/t26-,49?/m0/s1. The molecule has 0 aliphatic heterocycles. The number of fused-ring (bicyclic) bond motifs is 2. The molecule has 2 heterocycles. The van der Waals surface area contributed by atoms with E-state index in [0.717, 1.165) is 20.6 Å². The Bertz CT molecular complexity index is 2250. The van der Waals surface area contributed by atoms with E-state index in [4.69, 9.17) is 14.4 Å². The summed E-state index contributed by atoms with van der Waals surface area (Å²) in [5.74, 6) is -0.446. The summed E-state index contributed by atoms with van der Waals surface area (Å²) in [6, 6.07) is 30.6. The summed E-state index contributed by atoms with van der Waals surface area (Å²) in [4.78, 5) is 31.6. The van der Waals surface area contributed by atoms with Crippen LogP contribution >= 0.6 is 19.4 Å². The number of ether oxygens (including phenoxy) is 1. The van der Waals surface area contributed by atoms with Crippen LogP contribution in [0.3, 0.4) is 0 Å². The highest BCUT2D eigenvalue weighted by atomic mass is 32.2. The van der Waals surface area contributed by atoms with Crippen LogP contribution in [-0.2, 0) is 14.1 Å². The van der Waals surface area contributed by atoms with E-state index in [1.165, 1.54) is 16.2 Å². The Labute approximate surface area is 294 Å². The fraction of sp³-hybridized carbons (Fsp3) is 0.158. The van der Waals surface area contributed by atoms with Crippen LogP contribution in [0.25, 0.3) is 33.8 Å². The summed E-state index contributed by atoms with van der Waals surface area (Å²) >= 11 is 1.39. The molecule has 0 saturated heterocycles. The molecule has 6 aromatic rings. The third-order valence-corrected chi connectivity index (χ3v) is 10.7. The van der Waals surface area contributed by atoms with Crippen molar-refractivity contribution in [1.82, 2.24) is 24.9 Å². The molecular weight excluding hydrogens is 669 g/mol. The van der Waals surface area contributed by atoms with Gasteiger partial charge in [0.2, 0.25) is 0 Å². The summed E-state index contributed by atoms with van der Waals surface area (Å²) in [7, 11) is -2.68. The topological polar surface area (TPSA) is 124 Å². The first-order valence-electron chi connectivity index (χ1n) is 16.0. The monoisotopic (exact) mass is 705 g/mol. The van der Waals surface area contributed by atoms with Gasteiger partial charge in [0.25, 0.3) is 5.91 Å². The van der Waals surface area contributed by atoms with Gasteiger partial charge in [0, 0.05) is 33.8 Å². The van der Waals surface area contributed by atoms with Crippen LogP contribution in [0.2, 0.25) is 0 Å². The number of hydrogen-bond donors (Lipinski definition) is 2. The molecular formula is C38H36N5O5PS. The Balaban J connectivity index is 1.52. The number of nitrogens with one attached hydrogen (secondary N) is 2. The molecule has 12 heteroatoms. The predicted molar refractivity (Wildman–Crippen MR) is 198 cm³/mol. The van der Waals surface area contributed by atoms with E-state index in [0.29, 0.717) is 33.6 Å². The van der Waals surface area contributed by atoms with E-state index in [-0.39, 0.29) is 12.0 Å². The van der Waals surface area contributed by atoms with Crippen LogP contribution in [0.1, 0.15) is 42.5 Å². The number of aromatic nitrogens is 3. The van der Waals surface area contributed by atoms with E-state index >= 15 is 4.57 Å². The summed E-state index contributed by atoms with van der Waals surface area (Å²) in [6.45, 7) is 5.08. The molecule has 0 radical (unpaired) electrons. The summed E-state index contributed by atoms with van der Waals surface area (Å²) in [5, 5.41) is 12.8. The van der Waals surface area contributed by atoms with Crippen molar-refractivity contribution >= 4 is 65.1 Å². The minimum absolute atomic E-state index is 0.208. The number of hydrogen-bond acceptors (Lipinski definition) is 8. The number of benzene rings is 4. The third-order valence-electron chi connectivity index (χ3n) is 7.63. The van der Waals surface area contributed by atoms with Crippen LogP contribution < -0.4 is 14.9 Å². The van der Waals surface area contributed by atoms with Crippen LogP contribution in [0, 0.1) is 0 Å². The Morgan fingerprint density at radius 3 is 2.42 bits per heavy atom. The second-order valence-electron chi connectivity index (χ2n) is 11.6. The van der Waals surface area contributed by atoms with Crippen molar-refractivity contribution in [3.8, 4) is 5.75 Å². The predicted octanol–water partition coefficient (Wildman–Crippen LogP) is 8.23. The maximum Gasteiger partial charge on any atom is 0.440 e. The van der Waals surface area contributed by atoms with Crippen molar-refractivity contribution < 1.29 is 23.4 Å². The molecule has 0 aliphatic carbocycles. The van der Waals surface area contributed by atoms with Gasteiger partial charge in [0.1, 0.15) is 11.8 Å². The lowest BCUT2D eigenvalue weighted by atomic mass is 10.1. The third kappa shape index (κ3) is 7.65. The number of pyridine rings is 1. The van der Waals surface area contributed by atoms with Crippen LogP contribution in [-0.4, -0.2) is 45.6 Å². The van der Waals surface area contributed by atoms with Gasteiger partial charge in [-0.3, -0.25) is 14.6 Å². The fourth-order valence-electron chi connectivity index (χ4n) is 5.29. The molecule has 4 aromatic carbocycles. The van der Waals surface area contributed by atoms with Gasteiger partial charge in [0.05, 0.1) is 28.6 Å². The quantitative estimate of drug-likeness (QED) is 0.0957. The smallest absolute Gasteiger partial charge is 0.440 e. The van der Waals surface area contributed by atoms with Gasteiger partial charge in [-0.2, -0.15) is 9.55 Å². The zero-order chi connectivity index (χ0) is 35.3. The van der Waals surface area contributed by atoms with E-state index in [2.05, 4.69) is 15.4 Å². The first-order valence-corrected chi connectivity index (χ1v) is 18.4. The van der Waals surface area contributed by atoms with Gasteiger partial charge < -0.3 is 14.6 Å². The van der Waals surface area contributed by atoms with Crippen LogP contribution in [0.4, 0.5) is 0 Å². The number of amides is 1. The van der Waals surface area contributed by atoms with Gasteiger partial charge in [-0.25, -0.2) is 9.65 Å². The zero-order valence-electron chi connectivity index (χ0n) is 27.9. The van der Waals surface area contributed by atoms with Gasteiger partial charge >= 0.3 is 13.6 Å². The Morgan fingerprint density at radius 2 is 1.64 bits per heavy atom. The Morgan fingerprint density at radius 1 is 0.880 bits per heavy atom. The maximum absolute atomic E-state index is 15.4. The molecule has 50 heavy (non-hydrogen) atoms. The summed E-state index contributed by atoms with van der Waals surface area (Å²) < 4.78 is 28.7. The molecule has 0 saturated carbocycles. The minimum atomic E-state index is -4.27. The largest absolute Gasteiger partial charge is 0.462 e. The molecule has 2 N–H and O–H groups in total. The first kappa shape index (κ1) is 34.6. The first-order chi connectivity index (χ1) is 24.1. The lowest BCUT2D eigenvalue weighted by Crippen LogP contribution is -2.37. The van der Waals surface area contributed by atoms with Gasteiger partial charge in [-0.1, -0.05) is 66.4 Å². The molecule has 0 aliphatic rings. The summed E-state index contributed by atoms with van der Waals surface area (Å²) in [5.41, 5.74) is 2.23. The van der Waals surface area contributed by atoms with Crippen molar-refractivity contribution in [2.24, 2.45) is 0 Å². The molecule has 0 spiro atoms. The second kappa shape index (κ2) is 15.1. The van der Waals surface area contributed by atoms with E-state index in [1.54, 1.807) is 52.2 Å². The van der Waals surface area contributed by atoms with Crippen molar-refractivity contribution in [2.45, 2.75) is 42.7 Å². The Hall–Kier alpha value is -5.22. The molecule has 1 unspecified atom stereocenters. The van der Waals surface area contributed by atoms with Crippen molar-refractivity contribution in [2.75, 3.05) is 7.05 Å². The highest BCUT2D eigenvalue weighted by molar-refractivity contribution is 7.99. The average molecular weight is 706 g/mol. The normalized spacial score (nSPS) is 13.4. The molecule has 1 amide bonds. The van der Waals surface area contributed by atoms with E-state index in [9.17, 15) is 9.59 Å². The number of nitrogens with zero attached hydrogens (tertiary/aromatic N) is 3. The lowest BCUT2D eigenvalue weighted by Gasteiger charge is -2.25. The maximum atomic E-state index is 15.4. The van der Waals surface area contributed by atoms with Gasteiger partial charge in [-0.15, -0.1) is 0 Å². The van der Waals surface area contributed by atoms with E-state index < -0.39 is 19.7 Å². The minimum Gasteiger partial charge on any atom is -0.462 e. The highest BCUT2D eigenvalue weighted by Crippen LogP contribution is 2.49. The number of rotatable bonds is 12. The molecule has 254 valence electrons. The summed E-state index contributed by atoms with van der Waals surface area (Å²) in [6.07, 6.45) is 4.94. The van der Waals surface area contributed by atoms with Crippen molar-refractivity contribution in [3.05, 3.63) is 126 Å². The SMILES string of the molecule is CNC(=O)c1ccccc1Sc1ccc2c(/C=C/c3ccccn3)nn(P(=O)(N[C@@H](C)C(=O)OC(C)C)Oc3cccc4ccccc34)c2c1. The number of carbonyl (C=O) groups excluding carboxylic acids is 2. The second-order valence-corrected chi connectivity index (χ2v) is 14.6. The molecule has 2 atom stereocenters. The molecule has 10 nitrogen and oxygen atoms in total. The molecule has 0 fully saturated rings. The van der Waals surface area contributed by atoms with Crippen molar-refractivity contribution in [3.63, 3.8) is 0 Å².